The summed E-state index contributed by atoms with van der Waals surface area (Å²) in [5.41, 5.74) is 1.50. The van der Waals surface area contributed by atoms with Gasteiger partial charge in [-0.2, -0.15) is 8.42 Å². The molecular formula is C15H20O4S. The van der Waals surface area contributed by atoms with Gasteiger partial charge in [0.25, 0.3) is 0 Å². The summed E-state index contributed by atoms with van der Waals surface area (Å²) in [5, 5.41) is 2.79. The van der Waals surface area contributed by atoms with Crippen molar-refractivity contribution in [1.82, 2.24) is 0 Å². The van der Waals surface area contributed by atoms with E-state index in [0.717, 1.165) is 0 Å². The molecule has 4 nitrogen and oxygen atoms in total. The highest BCUT2D eigenvalue weighted by atomic mass is 32.3. The number of hydrogen-bond donors (Lipinski definition) is 2. The third-order valence-corrected chi connectivity index (χ3v) is 2.93. The monoisotopic (exact) mass is 296 g/mol. The highest BCUT2D eigenvalue weighted by Crippen LogP contribution is 2.20. The molecule has 2 rings (SSSR count). The molecule has 0 spiro atoms. The van der Waals surface area contributed by atoms with E-state index in [0.29, 0.717) is 0 Å². The maximum absolute atomic E-state index is 8.74. The van der Waals surface area contributed by atoms with Crippen LogP contribution in [0.1, 0.15) is 31.7 Å². The molecule has 2 aromatic rings. The van der Waals surface area contributed by atoms with Gasteiger partial charge in [-0.3, -0.25) is 9.11 Å². The van der Waals surface area contributed by atoms with Gasteiger partial charge in [0, 0.05) is 0 Å². The summed E-state index contributed by atoms with van der Waals surface area (Å²) >= 11 is 0. The van der Waals surface area contributed by atoms with Gasteiger partial charge in [0.05, 0.1) is 0 Å². The van der Waals surface area contributed by atoms with Crippen molar-refractivity contribution in [2.24, 2.45) is 0 Å². The van der Waals surface area contributed by atoms with E-state index in [2.05, 4.69) is 49.4 Å². The van der Waals surface area contributed by atoms with E-state index in [9.17, 15) is 0 Å². The minimum atomic E-state index is -4.67. The van der Waals surface area contributed by atoms with E-state index in [1.54, 1.807) is 0 Å². The van der Waals surface area contributed by atoms with E-state index < -0.39 is 10.4 Å². The molecule has 0 heterocycles. The fraction of sp³-hybridized carbons (Fsp3) is 0.333. The zero-order chi connectivity index (χ0) is 15.0. The number of hydrogen-bond acceptors (Lipinski definition) is 2. The van der Waals surface area contributed by atoms with Gasteiger partial charge >= 0.3 is 10.4 Å². The first kappa shape index (κ1) is 16.6. The number of unbranched alkanes of at least 4 members (excludes halogenated alkanes) is 2. The largest absolute Gasteiger partial charge is 0.394 e. The maximum atomic E-state index is 8.74. The summed E-state index contributed by atoms with van der Waals surface area (Å²) in [5.74, 6) is 0. The predicted molar refractivity (Wildman–Crippen MR) is 81.4 cm³/mol. The van der Waals surface area contributed by atoms with Crippen LogP contribution in [0, 0.1) is 0 Å². The standard InChI is InChI=1S/C15H18.H2O4S/c1-2-3-4-8-13-10-7-11-14-9-5-6-12-15(13)14;1-5(2,3)4/h5-7,9-12H,2-4,8H2,1H3;(H2,1,2,3,4). The summed E-state index contributed by atoms with van der Waals surface area (Å²) in [6.45, 7) is 2.25. The van der Waals surface area contributed by atoms with Gasteiger partial charge in [-0.1, -0.05) is 62.2 Å². The topological polar surface area (TPSA) is 74.6 Å². The van der Waals surface area contributed by atoms with Gasteiger partial charge in [0.2, 0.25) is 0 Å². The van der Waals surface area contributed by atoms with Crippen LogP contribution in [-0.4, -0.2) is 17.5 Å². The van der Waals surface area contributed by atoms with E-state index >= 15 is 0 Å². The second-order valence-electron chi connectivity index (χ2n) is 4.54. The molecule has 110 valence electrons. The van der Waals surface area contributed by atoms with Crippen molar-refractivity contribution in [2.45, 2.75) is 32.6 Å². The minimum absolute atomic E-state index is 1.22. The molecule has 0 saturated heterocycles. The quantitative estimate of drug-likeness (QED) is 0.662. The minimum Gasteiger partial charge on any atom is -0.264 e. The smallest absolute Gasteiger partial charge is 0.264 e. The lowest BCUT2D eigenvalue weighted by Crippen LogP contribution is -1.89. The Hall–Kier alpha value is -1.43. The molecule has 5 heteroatoms. The molecule has 0 amide bonds. The molecule has 2 N–H and O–H groups in total. The van der Waals surface area contributed by atoms with Crippen LogP contribution >= 0.6 is 0 Å². The first-order valence-electron chi connectivity index (χ1n) is 6.58. The number of rotatable bonds is 4. The van der Waals surface area contributed by atoms with E-state index in [1.807, 2.05) is 0 Å². The summed E-state index contributed by atoms with van der Waals surface area (Å²) in [6, 6.07) is 15.3. The zero-order valence-electron chi connectivity index (χ0n) is 11.5. The maximum Gasteiger partial charge on any atom is 0.394 e. The molecule has 0 saturated carbocycles. The molecule has 0 unspecified atom stereocenters. The molecule has 20 heavy (non-hydrogen) atoms. The first-order valence-corrected chi connectivity index (χ1v) is 7.98. The molecule has 0 bridgehead atoms. The van der Waals surface area contributed by atoms with E-state index in [-0.39, 0.29) is 0 Å². The van der Waals surface area contributed by atoms with Gasteiger partial charge in [0.15, 0.2) is 0 Å². The Morgan fingerprint density at radius 2 is 1.55 bits per heavy atom. The van der Waals surface area contributed by atoms with Crippen LogP contribution in [-0.2, 0) is 16.8 Å². The summed E-state index contributed by atoms with van der Waals surface area (Å²) in [4.78, 5) is 0. The van der Waals surface area contributed by atoms with Crippen LogP contribution in [0.15, 0.2) is 42.5 Å². The first-order chi connectivity index (χ1) is 9.42. The molecule has 0 aromatic heterocycles. The molecular weight excluding hydrogens is 276 g/mol. The van der Waals surface area contributed by atoms with Crippen LogP contribution in [0.5, 0.6) is 0 Å². The van der Waals surface area contributed by atoms with Crippen molar-refractivity contribution < 1.29 is 17.5 Å². The molecule has 0 radical (unpaired) electrons. The number of aryl methyl sites for hydroxylation is 1. The fourth-order valence-electron chi connectivity index (χ4n) is 2.08. The average Bonchev–Trinajstić information content (AvgIpc) is 2.37. The third kappa shape index (κ3) is 6.65. The predicted octanol–water partition coefficient (Wildman–Crippen LogP) is 3.92. The lowest BCUT2D eigenvalue weighted by molar-refractivity contribution is 0.381. The van der Waals surface area contributed by atoms with Crippen molar-refractivity contribution in [3.63, 3.8) is 0 Å². The third-order valence-electron chi connectivity index (χ3n) is 2.93. The van der Waals surface area contributed by atoms with Crippen molar-refractivity contribution in [2.75, 3.05) is 0 Å². The van der Waals surface area contributed by atoms with Gasteiger partial charge in [-0.15, -0.1) is 0 Å². The Morgan fingerprint density at radius 1 is 0.950 bits per heavy atom. The van der Waals surface area contributed by atoms with Gasteiger partial charge < -0.3 is 0 Å². The second kappa shape index (κ2) is 7.99. The normalized spacial score (nSPS) is 10.9. The molecule has 2 aromatic carbocycles. The summed E-state index contributed by atoms with van der Waals surface area (Å²) in [6.07, 6.45) is 5.16. The highest BCUT2D eigenvalue weighted by Gasteiger charge is 1.99. The van der Waals surface area contributed by atoms with Gasteiger partial charge in [-0.25, -0.2) is 0 Å². The van der Waals surface area contributed by atoms with Crippen molar-refractivity contribution in [3.8, 4) is 0 Å². The van der Waals surface area contributed by atoms with Crippen LogP contribution in [0.4, 0.5) is 0 Å². The Morgan fingerprint density at radius 3 is 2.20 bits per heavy atom. The van der Waals surface area contributed by atoms with E-state index in [4.69, 9.17) is 17.5 Å². The Bertz CT molecular complexity index is 622. The highest BCUT2D eigenvalue weighted by molar-refractivity contribution is 7.79. The van der Waals surface area contributed by atoms with Crippen LogP contribution in [0.3, 0.4) is 0 Å². The number of fused-ring (bicyclic) bond motifs is 1. The lowest BCUT2D eigenvalue weighted by atomic mass is 10.00. The number of benzene rings is 2. The second-order valence-corrected chi connectivity index (χ2v) is 5.44. The molecule has 0 fully saturated rings. The van der Waals surface area contributed by atoms with Crippen LogP contribution < -0.4 is 0 Å². The molecule has 0 aliphatic heterocycles. The molecule has 0 atom stereocenters. The fourth-order valence-corrected chi connectivity index (χ4v) is 2.08. The average molecular weight is 296 g/mol. The summed E-state index contributed by atoms with van der Waals surface area (Å²) in [7, 11) is -4.67. The van der Waals surface area contributed by atoms with Crippen molar-refractivity contribution in [1.29, 1.82) is 0 Å². The Balaban J connectivity index is 0.000000347. The van der Waals surface area contributed by atoms with Crippen LogP contribution in [0.2, 0.25) is 0 Å². The zero-order valence-corrected chi connectivity index (χ0v) is 12.3. The Kier molecular flexibility index (Phi) is 6.64. The molecule has 0 aliphatic rings. The molecule has 0 aliphatic carbocycles. The van der Waals surface area contributed by atoms with Crippen molar-refractivity contribution >= 4 is 21.2 Å². The summed E-state index contributed by atoms with van der Waals surface area (Å²) < 4.78 is 31.6. The Labute approximate surface area is 120 Å². The van der Waals surface area contributed by atoms with Crippen molar-refractivity contribution in [3.05, 3.63) is 48.0 Å². The van der Waals surface area contributed by atoms with Gasteiger partial charge in [-0.05, 0) is 29.2 Å². The van der Waals surface area contributed by atoms with E-state index in [1.165, 1.54) is 42.0 Å². The SMILES string of the molecule is CCCCCc1cccc2ccccc12.O=S(=O)(O)O. The lowest BCUT2D eigenvalue weighted by Gasteiger charge is -2.05. The van der Waals surface area contributed by atoms with Crippen LogP contribution in [0.25, 0.3) is 10.8 Å². The van der Waals surface area contributed by atoms with Gasteiger partial charge in [0.1, 0.15) is 0 Å².